The van der Waals surface area contributed by atoms with E-state index in [1.807, 2.05) is 24.3 Å². The number of piperidine rings is 1. The second-order valence-electron chi connectivity index (χ2n) is 6.38. The van der Waals surface area contributed by atoms with Gasteiger partial charge in [0.1, 0.15) is 0 Å². The molecular formula is C18H24ClN3O2. The molecule has 0 bridgehead atoms. The van der Waals surface area contributed by atoms with Gasteiger partial charge in [-0.25, -0.2) is 0 Å². The van der Waals surface area contributed by atoms with Gasteiger partial charge < -0.3 is 9.26 Å². The van der Waals surface area contributed by atoms with E-state index in [4.69, 9.17) is 20.9 Å². The summed E-state index contributed by atoms with van der Waals surface area (Å²) in [6.07, 6.45) is 4.90. The van der Waals surface area contributed by atoms with Gasteiger partial charge in [-0.05, 0) is 56.8 Å². The average Bonchev–Trinajstić information content (AvgIpc) is 3.05. The Hall–Kier alpha value is -1.43. The number of ether oxygens (including phenoxy) is 1. The summed E-state index contributed by atoms with van der Waals surface area (Å²) in [5, 5.41) is 4.75. The number of aromatic nitrogens is 2. The largest absolute Gasteiger partial charge is 0.385 e. The van der Waals surface area contributed by atoms with Crippen LogP contribution in [0.3, 0.4) is 0 Å². The number of hydrogen-bond acceptors (Lipinski definition) is 5. The Morgan fingerprint density at radius 2 is 2.17 bits per heavy atom. The van der Waals surface area contributed by atoms with Crippen LogP contribution in [0.15, 0.2) is 28.8 Å². The maximum absolute atomic E-state index is 6.01. The maximum atomic E-state index is 6.01. The molecule has 0 N–H and O–H groups in total. The van der Waals surface area contributed by atoms with Crippen molar-refractivity contribution in [3.63, 3.8) is 0 Å². The van der Waals surface area contributed by atoms with Crippen LogP contribution in [0.25, 0.3) is 11.4 Å². The Balaban J connectivity index is 1.49. The van der Waals surface area contributed by atoms with Crippen LogP contribution in [-0.4, -0.2) is 41.8 Å². The number of halogens is 1. The first kappa shape index (κ1) is 17.4. The van der Waals surface area contributed by atoms with Gasteiger partial charge in [-0.3, -0.25) is 4.90 Å². The van der Waals surface area contributed by atoms with Crippen LogP contribution in [0.1, 0.15) is 31.6 Å². The minimum Gasteiger partial charge on any atom is -0.385 e. The third-order valence-corrected chi connectivity index (χ3v) is 4.81. The van der Waals surface area contributed by atoms with Gasteiger partial charge in [0.15, 0.2) is 0 Å². The molecular weight excluding hydrogens is 326 g/mol. The lowest BCUT2D eigenvalue weighted by Crippen LogP contribution is -2.33. The zero-order valence-electron chi connectivity index (χ0n) is 14.1. The van der Waals surface area contributed by atoms with Crippen LogP contribution in [0.5, 0.6) is 0 Å². The molecule has 0 radical (unpaired) electrons. The summed E-state index contributed by atoms with van der Waals surface area (Å²) >= 11 is 6.01. The zero-order chi connectivity index (χ0) is 16.8. The number of benzene rings is 1. The smallest absolute Gasteiger partial charge is 0.241 e. The van der Waals surface area contributed by atoms with Crippen LogP contribution in [0.2, 0.25) is 5.02 Å². The molecule has 1 aliphatic rings. The number of methoxy groups -OCH3 is 1. The van der Waals surface area contributed by atoms with E-state index in [1.165, 1.54) is 19.3 Å². The molecule has 2 aromatic rings. The predicted octanol–water partition coefficient (Wildman–Crippen LogP) is 4.03. The Labute approximate surface area is 147 Å². The summed E-state index contributed by atoms with van der Waals surface area (Å²) in [5.74, 6) is 2.09. The molecule has 130 valence electrons. The molecule has 0 aliphatic carbocycles. The summed E-state index contributed by atoms with van der Waals surface area (Å²) in [6.45, 7) is 3.77. The molecule has 1 fully saturated rings. The van der Waals surface area contributed by atoms with Crippen molar-refractivity contribution in [1.82, 2.24) is 15.0 Å². The van der Waals surface area contributed by atoms with Crippen LogP contribution in [0, 0.1) is 5.92 Å². The third-order valence-electron chi connectivity index (χ3n) is 4.58. The summed E-state index contributed by atoms with van der Waals surface area (Å²) in [4.78, 5) is 6.89. The van der Waals surface area contributed by atoms with Crippen molar-refractivity contribution in [2.45, 2.75) is 32.2 Å². The quantitative estimate of drug-likeness (QED) is 0.706. The van der Waals surface area contributed by atoms with E-state index in [2.05, 4.69) is 15.0 Å². The van der Waals surface area contributed by atoms with Gasteiger partial charge in [0.05, 0.1) is 6.54 Å². The first-order valence-electron chi connectivity index (χ1n) is 8.54. The molecule has 6 heteroatoms. The second kappa shape index (κ2) is 8.60. The molecule has 24 heavy (non-hydrogen) atoms. The highest BCUT2D eigenvalue weighted by Gasteiger charge is 2.21. The van der Waals surface area contributed by atoms with Crippen LogP contribution < -0.4 is 0 Å². The van der Waals surface area contributed by atoms with E-state index in [9.17, 15) is 0 Å². The Kier molecular flexibility index (Phi) is 6.24. The Morgan fingerprint density at radius 1 is 1.33 bits per heavy atom. The van der Waals surface area contributed by atoms with E-state index < -0.39 is 0 Å². The van der Waals surface area contributed by atoms with E-state index in [-0.39, 0.29) is 0 Å². The molecule has 0 unspecified atom stereocenters. The minimum absolute atomic E-state index is 0.599. The minimum atomic E-state index is 0.599. The van der Waals surface area contributed by atoms with E-state index in [1.54, 1.807) is 7.11 Å². The first-order chi connectivity index (χ1) is 11.7. The van der Waals surface area contributed by atoms with E-state index in [0.717, 1.165) is 44.1 Å². The summed E-state index contributed by atoms with van der Waals surface area (Å²) < 4.78 is 10.5. The Bertz CT molecular complexity index is 639. The third kappa shape index (κ3) is 4.79. The lowest BCUT2D eigenvalue weighted by molar-refractivity contribution is 0.141. The highest BCUT2D eigenvalue weighted by Crippen LogP contribution is 2.24. The van der Waals surface area contributed by atoms with Crippen LogP contribution in [-0.2, 0) is 11.3 Å². The van der Waals surface area contributed by atoms with Gasteiger partial charge in [0.2, 0.25) is 11.7 Å². The molecule has 0 atom stereocenters. The molecule has 0 spiro atoms. The molecule has 0 saturated carbocycles. The molecule has 1 aliphatic heterocycles. The fourth-order valence-corrected chi connectivity index (χ4v) is 3.40. The van der Waals surface area contributed by atoms with Crippen LogP contribution in [0.4, 0.5) is 0 Å². The number of nitrogens with zero attached hydrogens (tertiary/aromatic N) is 3. The standard InChI is InChI=1S/C18H24ClN3O2/c1-23-11-3-4-14-7-9-22(10-8-14)13-17-20-18(21-24-17)15-5-2-6-16(19)12-15/h2,5-6,12,14H,3-4,7-11,13H2,1H3. The number of likely N-dealkylation sites (tertiary alicyclic amines) is 1. The molecule has 1 aromatic heterocycles. The van der Waals surface area contributed by atoms with Crippen molar-refractivity contribution in [2.75, 3.05) is 26.8 Å². The second-order valence-corrected chi connectivity index (χ2v) is 6.81. The number of hydrogen-bond donors (Lipinski definition) is 0. The molecule has 0 amide bonds. The van der Waals surface area contributed by atoms with Gasteiger partial charge in [-0.2, -0.15) is 4.98 Å². The molecule has 3 rings (SSSR count). The van der Waals surface area contributed by atoms with Gasteiger partial charge in [-0.15, -0.1) is 0 Å². The van der Waals surface area contributed by atoms with Crippen molar-refractivity contribution in [3.8, 4) is 11.4 Å². The zero-order valence-corrected chi connectivity index (χ0v) is 14.8. The first-order valence-corrected chi connectivity index (χ1v) is 8.92. The van der Waals surface area contributed by atoms with Crippen molar-refractivity contribution in [2.24, 2.45) is 5.92 Å². The normalized spacial score (nSPS) is 16.6. The highest BCUT2D eigenvalue weighted by molar-refractivity contribution is 6.30. The van der Waals surface area contributed by atoms with Crippen LogP contribution >= 0.6 is 11.6 Å². The van der Waals surface area contributed by atoms with Gasteiger partial charge in [0, 0.05) is 24.3 Å². The lowest BCUT2D eigenvalue weighted by Gasteiger charge is -2.30. The molecule has 1 saturated heterocycles. The van der Waals surface area contributed by atoms with Crippen molar-refractivity contribution < 1.29 is 9.26 Å². The fourth-order valence-electron chi connectivity index (χ4n) is 3.20. The van der Waals surface area contributed by atoms with E-state index >= 15 is 0 Å². The fraction of sp³-hybridized carbons (Fsp3) is 0.556. The monoisotopic (exact) mass is 349 g/mol. The lowest BCUT2D eigenvalue weighted by atomic mass is 9.92. The van der Waals surface area contributed by atoms with Gasteiger partial charge in [-0.1, -0.05) is 28.9 Å². The topological polar surface area (TPSA) is 51.4 Å². The molecule has 2 heterocycles. The van der Waals surface area contributed by atoms with E-state index in [0.29, 0.717) is 16.7 Å². The van der Waals surface area contributed by atoms with Gasteiger partial charge >= 0.3 is 0 Å². The van der Waals surface area contributed by atoms with Crippen molar-refractivity contribution in [1.29, 1.82) is 0 Å². The van der Waals surface area contributed by atoms with Gasteiger partial charge in [0.25, 0.3) is 0 Å². The molecule has 5 nitrogen and oxygen atoms in total. The maximum Gasteiger partial charge on any atom is 0.241 e. The SMILES string of the molecule is COCCCC1CCN(Cc2nc(-c3cccc(Cl)c3)no2)CC1. The summed E-state index contributed by atoms with van der Waals surface area (Å²) in [5.41, 5.74) is 0.884. The van der Waals surface area contributed by atoms with Crippen molar-refractivity contribution in [3.05, 3.63) is 35.2 Å². The highest BCUT2D eigenvalue weighted by atomic mass is 35.5. The van der Waals surface area contributed by atoms with Crippen molar-refractivity contribution >= 4 is 11.6 Å². The molecule has 1 aromatic carbocycles. The summed E-state index contributed by atoms with van der Waals surface area (Å²) in [6, 6.07) is 7.51. The average molecular weight is 350 g/mol. The summed E-state index contributed by atoms with van der Waals surface area (Å²) in [7, 11) is 1.77. The number of rotatable bonds is 7. The Morgan fingerprint density at radius 3 is 2.92 bits per heavy atom. The predicted molar refractivity (Wildman–Crippen MR) is 93.9 cm³/mol.